The van der Waals surface area contributed by atoms with Crippen LogP contribution < -0.4 is 20.1 Å². The van der Waals surface area contributed by atoms with Crippen LogP contribution in [0.5, 0.6) is 11.6 Å². The number of methoxy groups -OCH3 is 1. The van der Waals surface area contributed by atoms with E-state index < -0.39 is 5.97 Å². The number of hydrogen-bond acceptors (Lipinski definition) is 8. The molecule has 10 heteroatoms. The van der Waals surface area contributed by atoms with E-state index in [1.807, 2.05) is 18.2 Å². The van der Waals surface area contributed by atoms with Crippen LogP contribution in [-0.4, -0.2) is 61.2 Å². The van der Waals surface area contributed by atoms with Gasteiger partial charge < -0.3 is 24.4 Å². The first-order chi connectivity index (χ1) is 16.1. The molecule has 1 fully saturated rings. The highest BCUT2D eigenvalue weighted by molar-refractivity contribution is 7.11. The van der Waals surface area contributed by atoms with Crippen LogP contribution in [0.4, 0.5) is 9.80 Å². The van der Waals surface area contributed by atoms with Gasteiger partial charge in [0.2, 0.25) is 5.88 Å². The zero-order valence-electron chi connectivity index (χ0n) is 18.9. The lowest BCUT2D eigenvalue weighted by molar-refractivity contribution is 0.0596. The minimum Gasteiger partial charge on any atom is -0.493 e. The third-order valence-corrected chi connectivity index (χ3v) is 6.54. The molecule has 1 saturated heterocycles. The molecule has 2 amide bonds. The number of esters is 1. The van der Waals surface area contributed by atoms with E-state index >= 15 is 0 Å². The third-order valence-electron chi connectivity index (χ3n) is 5.80. The van der Waals surface area contributed by atoms with Gasteiger partial charge in [0.05, 0.1) is 13.7 Å². The van der Waals surface area contributed by atoms with Crippen molar-refractivity contribution in [3.63, 3.8) is 0 Å². The molecule has 3 heterocycles. The lowest BCUT2D eigenvalue weighted by atomic mass is 10.1. The van der Waals surface area contributed by atoms with Crippen LogP contribution in [0, 0.1) is 0 Å². The second-order valence-corrected chi connectivity index (χ2v) is 8.92. The van der Waals surface area contributed by atoms with E-state index in [1.165, 1.54) is 38.6 Å². The monoisotopic (exact) mass is 474 g/mol. The smallest absolute Gasteiger partial charge is 0.346 e. The Bertz CT molecular complexity index is 974. The van der Waals surface area contributed by atoms with E-state index in [0.29, 0.717) is 18.2 Å². The summed E-state index contributed by atoms with van der Waals surface area (Å²) in [7, 11) is 1.28. The van der Waals surface area contributed by atoms with E-state index in [9.17, 15) is 9.59 Å². The molecule has 0 spiro atoms. The number of ether oxygens (including phenoxy) is 3. The minimum absolute atomic E-state index is 0.115. The lowest BCUT2D eigenvalue weighted by Crippen LogP contribution is -2.30. The van der Waals surface area contributed by atoms with Crippen molar-refractivity contribution in [1.82, 2.24) is 14.6 Å². The summed E-state index contributed by atoms with van der Waals surface area (Å²) in [6.07, 6.45) is 5.41. The number of benzene rings is 1. The maximum absolute atomic E-state index is 12.4. The normalized spacial score (nSPS) is 15.1. The minimum atomic E-state index is -0.614. The van der Waals surface area contributed by atoms with Crippen LogP contribution in [0.1, 0.15) is 47.2 Å². The summed E-state index contributed by atoms with van der Waals surface area (Å²) in [6, 6.07) is 5.54. The van der Waals surface area contributed by atoms with Crippen molar-refractivity contribution in [2.75, 3.05) is 45.2 Å². The molecular weight excluding hydrogens is 444 g/mol. The Morgan fingerprint density at radius 2 is 2.09 bits per heavy atom. The van der Waals surface area contributed by atoms with Gasteiger partial charge in [-0.05, 0) is 74.0 Å². The summed E-state index contributed by atoms with van der Waals surface area (Å²) in [6.45, 7) is 4.90. The van der Waals surface area contributed by atoms with E-state index in [2.05, 4.69) is 19.9 Å². The first-order valence-corrected chi connectivity index (χ1v) is 12.1. The number of fused-ring (bicyclic) bond motifs is 1. The van der Waals surface area contributed by atoms with Crippen molar-refractivity contribution in [2.45, 2.75) is 38.7 Å². The average Bonchev–Trinajstić information content (AvgIpc) is 3.58. The van der Waals surface area contributed by atoms with Crippen LogP contribution >= 0.6 is 11.5 Å². The molecule has 2 N–H and O–H groups in total. The molecule has 178 valence electrons. The van der Waals surface area contributed by atoms with Gasteiger partial charge in [-0.15, -0.1) is 0 Å². The standard InChI is InChI=1S/C23H30N4O5S/c1-30-22(28)19-20(32-15-16-6-7-17-8-13-31-18(17)14-16)26-33-21(19)25-23(29)24-9-2-3-10-27-11-4-5-12-27/h6-7,14H,2-5,8-13,15H2,1H3,(H2,24,25,29). The van der Waals surface area contributed by atoms with Gasteiger partial charge in [0.1, 0.15) is 17.4 Å². The van der Waals surface area contributed by atoms with E-state index in [1.54, 1.807) is 0 Å². The SMILES string of the molecule is COC(=O)c1c(OCc2ccc3c(c2)OCC3)nsc1NC(=O)NCCCCN1CCCC1. The Morgan fingerprint density at radius 1 is 1.24 bits per heavy atom. The van der Waals surface area contributed by atoms with Gasteiger partial charge in [-0.25, -0.2) is 9.59 Å². The molecule has 33 heavy (non-hydrogen) atoms. The zero-order chi connectivity index (χ0) is 23.0. The second-order valence-electron chi connectivity index (χ2n) is 8.15. The quantitative estimate of drug-likeness (QED) is 0.402. The molecule has 2 aromatic rings. The molecule has 0 bridgehead atoms. The third kappa shape index (κ3) is 6.14. The zero-order valence-corrected chi connectivity index (χ0v) is 19.7. The highest BCUT2D eigenvalue weighted by Crippen LogP contribution is 2.32. The summed E-state index contributed by atoms with van der Waals surface area (Å²) >= 11 is 0.985. The number of carbonyl (C=O) groups is 2. The first kappa shape index (κ1) is 23.3. The molecule has 9 nitrogen and oxygen atoms in total. The average molecular weight is 475 g/mol. The lowest BCUT2D eigenvalue weighted by Gasteiger charge is -2.14. The molecule has 2 aliphatic heterocycles. The predicted molar refractivity (Wildman–Crippen MR) is 125 cm³/mol. The Morgan fingerprint density at radius 3 is 2.91 bits per heavy atom. The molecule has 0 aliphatic carbocycles. The van der Waals surface area contributed by atoms with Crippen molar-refractivity contribution in [3.05, 3.63) is 34.9 Å². The number of nitrogens with zero attached hydrogens (tertiary/aromatic N) is 2. The van der Waals surface area contributed by atoms with Crippen LogP contribution in [0.3, 0.4) is 0 Å². The maximum Gasteiger partial charge on any atom is 0.346 e. The Labute approximate surface area is 197 Å². The number of aromatic nitrogens is 1. The van der Waals surface area contributed by atoms with Crippen LogP contribution in [0.15, 0.2) is 18.2 Å². The molecular formula is C23H30N4O5S. The summed E-state index contributed by atoms with van der Waals surface area (Å²) in [5.41, 5.74) is 2.20. The molecule has 2 aliphatic rings. The number of anilines is 1. The van der Waals surface area contributed by atoms with Gasteiger partial charge in [0, 0.05) is 13.0 Å². The van der Waals surface area contributed by atoms with Gasteiger partial charge in [-0.3, -0.25) is 5.32 Å². The number of amides is 2. The number of carbonyl (C=O) groups excluding carboxylic acids is 2. The Balaban J connectivity index is 1.29. The van der Waals surface area contributed by atoms with Crippen LogP contribution in [0.2, 0.25) is 0 Å². The molecule has 1 aromatic carbocycles. The second kappa shape index (κ2) is 11.3. The number of urea groups is 1. The van der Waals surface area contributed by atoms with Crippen molar-refractivity contribution in [2.24, 2.45) is 0 Å². The van der Waals surface area contributed by atoms with Crippen molar-refractivity contribution < 1.29 is 23.8 Å². The summed E-state index contributed by atoms with van der Waals surface area (Å²) in [4.78, 5) is 27.1. The highest BCUT2D eigenvalue weighted by atomic mass is 32.1. The van der Waals surface area contributed by atoms with Crippen LogP contribution in [-0.2, 0) is 17.8 Å². The maximum atomic E-state index is 12.4. The fourth-order valence-corrected chi connectivity index (χ4v) is 4.73. The fourth-order valence-electron chi connectivity index (χ4n) is 4.01. The molecule has 0 atom stereocenters. The topological polar surface area (TPSA) is 102 Å². The summed E-state index contributed by atoms with van der Waals surface area (Å²) in [5.74, 6) is 0.383. The first-order valence-electron chi connectivity index (χ1n) is 11.4. The largest absolute Gasteiger partial charge is 0.493 e. The van der Waals surface area contributed by atoms with Crippen molar-refractivity contribution in [1.29, 1.82) is 0 Å². The number of hydrogen-bond donors (Lipinski definition) is 2. The fraction of sp³-hybridized carbons (Fsp3) is 0.522. The molecule has 0 radical (unpaired) electrons. The van der Waals surface area contributed by atoms with Gasteiger partial charge >= 0.3 is 12.0 Å². The highest BCUT2D eigenvalue weighted by Gasteiger charge is 2.25. The molecule has 4 rings (SSSR count). The number of nitrogens with one attached hydrogen (secondary N) is 2. The van der Waals surface area contributed by atoms with Crippen LogP contribution in [0.25, 0.3) is 0 Å². The van der Waals surface area contributed by atoms with E-state index in [0.717, 1.165) is 48.7 Å². The van der Waals surface area contributed by atoms with Gasteiger partial charge in [-0.1, -0.05) is 12.1 Å². The predicted octanol–water partition coefficient (Wildman–Crippen LogP) is 3.44. The summed E-state index contributed by atoms with van der Waals surface area (Å²) in [5, 5.41) is 5.84. The summed E-state index contributed by atoms with van der Waals surface area (Å²) < 4.78 is 20.5. The molecule has 0 saturated carbocycles. The van der Waals surface area contributed by atoms with E-state index in [4.69, 9.17) is 14.2 Å². The van der Waals surface area contributed by atoms with E-state index in [-0.39, 0.29) is 24.1 Å². The van der Waals surface area contributed by atoms with Gasteiger partial charge in [0.25, 0.3) is 0 Å². The molecule has 0 unspecified atom stereocenters. The number of rotatable bonds is 10. The number of likely N-dealkylation sites (tertiary alicyclic amines) is 1. The van der Waals surface area contributed by atoms with Gasteiger partial charge in [0.15, 0.2) is 5.56 Å². The van der Waals surface area contributed by atoms with Crippen molar-refractivity contribution >= 4 is 28.5 Å². The van der Waals surface area contributed by atoms with Crippen molar-refractivity contribution in [3.8, 4) is 11.6 Å². The Kier molecular flexibility index (Phi) is 8.01. The van der Waals surface area contributed by atoms with Gasteiger partial charge in [-0.2, -0.15) is 4.37 Å². The Hall–Kier alpha value is -2.85. The molecule has 1 aromatic heterocycles. The number of unbranched alkanes of at least 4 members (excludes halogenated alkanes) is 1.